The van der Waals surface area contributed by atoms with Gasteiger partial charge in [0, 0.05) is 5.54 Å². The van der Waals surface area contributed by atoms with Crippen molar-refractivity contribution in [3.63, 3.8) is 0 Å². The molecule has 4 nitrogen and oxygen atoms in total. The molecule has 1 heterocycles. The molecule has 0 aromatic heterocycles. The molecule has 2 aromatic rings. The van der Waals surface area contributed by atoms with Gasteiger partial charge in [0.1, 0.15) is 0 Å². The Morgan fingerprint density at radius 2 is 1.42 bits per heavy atom. The topological polar surface area (TPSA) is 49.4 Å². The van der Waals surface area contributed by atoms with Gasteiger partial charge in [-0.1, -0.05) is 60.2 Å². The molecule has 2 aromatic carbocycles. The third-order valence-electron chi connectivity index (χ3n) is 4.38. The quantitative estimate of drug-likeness (QED) is 0.859. The van der Waals surface area contributed by atoms with E-state index in [1.807, 2.05) is 82.3 Å². The molecule has 1 atom stereocenters. The Balaban J connectivity index is 2.24. The first-order valence-electron chi connectivity index (χ1n) is 8.06. The average Bonchev–Trinajstić information content (AvgIpc) is 2.80. The van der Waals surface area contributed by atoms with E-state index in [1.54, 1.807) is 0 Å². The summed E-state index contributed by atoms with van der Waals surface area (Å²) in [6.07, 6.45) is 0. The molecule has 0 bridgehead atoms. The minimum Gasteiger partial charge on any atom is -0.315 e. The van der Waals surface area contributed by atoms with Crippen LogP contribution >= 0.6 is 0 Å². The lowest BCUT2D eigenvalue weighted by atomic mass is 9.82. The van der Waals surface area contributed by atoms with Crippen LogP contribution in [0.25, 0.3) is 0 Å². The molecule has 0 saturated carbocycles. The summed E-state index contributed by atoms with van der Waals surface area (Å²) in [6, 6.07) is 16.8. The molecular formula is C20H22N2O2. The number of benzene rings is 2. The lowest BCUT2D eigenvalue weighted by molar-refractivity contribution is -0.133. The molecule has 0 spiro atoms. The summed E-state index contributed by atoms with van der Waals surface area (Å²) in [5.74, 6) is -0.241. The second-order valence-electron chi connectivity index (χ2n) is 7.22. The number of imide groups is 1. The summed E-state index contributed by atoms with van der Waals surface area (Å²) in [5.41, 5.74) is 0.858. The predicted octanol–water partition coefficient (Wildman–Crippen LogP) is 3.59. The number of urea groups is 1. The molecule has 24 heavy (non-hydrogen) atoms. The van der Waals surface area contributed by atoms with Gasteiger partial charge in [-0.2, -0.15) is 0 Å². The van der Waals surface area contributed by atoms with Gasteiger partial charge in [0.2, 0.25) is 0 Å². The summed E-state index contributed by atoms with van der Waals surface area (Å²) in [4.78, 5) is 27.4. The van der Waals surface area contributed by atoms with E-state index < -0.39 is 11.1 Å². The highest BCUT2D eigenvalue weighted by molar-refractivity contribution is 6.10. The number of carbonyl (C=O) groups is 2. The van der Waals surface area contributed by atoms with Crippen molar-refractivity contribution in [2.24, 2.45) is 0 Å². The van der Waals surface area contributed by atoms with E-state index in [1.165, 1.54) is 4.90 Å². The lowest BCUT2D eigenvalue weighted by Gasteiger charge is -2.32. The van der Waals surface area contributed by atoms with Crippen molar-refractivity contribution in [1.82, 2.24) is 10.2 Å². The minimum absolute atomic E-state index is 0.241. The van der Waals surface area contributed by atoms with Crippen molar-refractivity contribution >= 4 is 11.9 Å². The normalized spacial score (nSPS) is 21.1. The Labute approximate surface area is 142 Å². The van der Waals surface area contributed by atoms with Crippen LogP contribution in [0.4, 0.5) is 4.79 Å². The first-order chi connectivity index (χ1) is 11.3. The summed E-state index contributed by atoms with van der Waals surface area (Å²) >= 11 is 0. The fourth-order valence-electron chi connectivity index (χ4n) is 3.19. The Morgan fingerprint density at radius 3 is 1.92 bits per heavy atom. The number of nitrogens with one attached hydrogen (secondary N) is 1. The molecule has 1 N–H and O–H groups in total. The van der Waals surface area contributed by atoms with Crippen LogP contribution in [-0.2, 0) is 10.3 Å². The van der Waals surface area contributed by atoms with Gasteiger partial charge in [-0.15, -0.1) is 0 Å². The first kappa shape index (κ1) is 16.2. The van der Waals surface area contributed by atoms with E-state index >= 15 is 0 Å². The van der Waals surface area contributed by atoms with E-state index in [-0.39, 0.29) is 11.9 Å². The van der Waals surface area contributed by atoms with Gasteiger partial charge in [-0.3, -0.25) is 9.69 Å². The van der Waals surface area contributed by atoms with Gasteiger partial charge in [0.05, 0.1) is 0 Å². The SMILES string of the molecule is Cc1ccc([C@@]2(c3ccccc3)NC(=O)N(C(C)(C)C)C2=O)cc1. The van der Waals surface area contributed by atoms with Crippen molar-refractivity contribution in [1.29, 1.82) is 0 Å². The molecule has 4 heteroatoms. The van der Waals surface area contributed by atoms with Crippen molar-refractivity contribution in [2.75, 3.05) is 0 Å². The molecule has 124 valence electrons. The van der Waals surface area contributed by atoms with Crippen LogP contribution in [0.2, 0.25) is 0 Å². The summed E-state index contributed by atoms with van der Waals surface area (Å²) in [7, 11) is 0. The van der Waals surface area contributed by atoms with Gasteiger partial charge < -0.3 is 5.32 Å². The second-order valence-corrected chi connectivity index (χ2v) is 7.22. The van der Waals surface area contributed by atoms with Crippen LogP contribution in [0, 0.1) is 6.92 Å². The van der Waals surface area contributed by atoms with Gasteiger partial charge in [-0.05, 0) is 38.8 Å². The largest absolute Gasteiger partial charge is 0.326 e. The summed E-state index contributed by atoms with van der Waals surface area (Å²) in [6.45, 7) is 7.58. The fourth-order valence-corrected chi connectivity index (χ4v) is 3.19. The van der Waals surface area contributed by atoms with E-state index in [2.05, 4.69) is 5.32 Å². The zero-order valence-electron chi connectivity index (χ0n) is 14.5. The Bertz CT molecular complexity index is 776. The highest BCUT2D eigenvalue weighted by Crippen LogP contribution is 2.38. The molecule has 3 rings (SSSR count). The van der Waals surface area contributed by atoms with E-state index in [4.69, 9.17) is 0 Å². The number of hydrogen-bond acceptors (Lipinski definition) is 2. The second kappa shape index (κ2) is 5.48. The number of hydrogen-bond donors (Lipinski definition) is 1. The highest BCUT2D eigenvalue weighted by atomic mass is 16.2. The third kappa shape index (κ3) is 2.39. The van der Waals surface area contributed by atoms with E-state index in [0.29, 0.717) is 0 Å². The number of rotatable bonds is 2. The maximum absolute atomic E-state index is 13.4. The van der Waals surface area contributed by atoms with Gasteiger partial charge in [0.25, 0.3) is 5.91 Å². The number of amides is 3. The van der Waals surface area contributed by atoms with Crippen LogP contribution in [0.1, 0.15) is 37.5 Å². The lowest BCUT2D eigenvalue weighted by Crippen LogP contribution is -2.48. The molecule has 0 aliphatic carbocycles. The molecule has 3 amide bonds. The van der Waals surface area contributed by atoms with Gasteiger partial charge >= 0.3 is 6.03 Å². The van der Waals surface area contributed by atoms with Crippen LogP contribution in [0.15, 0.2) is 54.6 Å². The van der Waals surface area contributed by atoms with Gasteiger partial charge in [0.15, 0.2) is 5.54 Å². The number of carbonyl (C=O) groups excluding carboxylic acids is 2. The van der Waals surface area contributed by atoms with Crippen molar-refractivity contribution in [2.45, 2.75) is 38.8 Å². The Hall–Kier alpha value is -2.62. The average molecular weight is 322 g/mol. The zero-order chi connectivity index (χ0) is 17.5. The van der Waals surface area contributed by atoms with E-state index in [0.717, 1.165) is 16.7 Å². The maximum atomic E-state index is 13.4. The third-order valence-corrected chi connectivity index (χ3v) is 4.38. The molecule has 1 saturated heterocycles. The van der Waals surface area contributed by atoms with Crippen LogP contribution in [-0.4, -0.2) is 22.4 Å². The first-order valence-corrected chi connectivity index (χ1v) is 8.06. The van der Waals surface area contributed by atoms with Crippen LogP contribution in [0.3, 0.4) is 0 Å². The summed E-state index contributed by atoms with van der Waals surface area (Å²) in [5, 5.41) is 2.96. The smallest absolute Gasteiger partial charge is 0.315 e. The van der Waals surface area contributed by atoms with Crippen molar-refractivity contribution < 1.29 is 9.59 Å². The fraction of sp³-hybridized carbons (Fsp3) is 0.300. The van der Waals surface area contributed by atoms with Crippen LogP contribution < -0.4 is 5.32 Å². The molecule has 0 unspecified atom stereocenters. The molecule has 1 aliphatic rings. The number of nitrogens with zero attached hydrogens (tertiary/aromatic N) is 1. The summed E-state index contributed by atoms with van der Waals surface area (Å²) < 4.78 is 0. The maximum Gasteiger partial charge on any atom is 0.326 e. The molecule has 0 radical (unpaired) electrons. The minimum atomic E-state index is -1.18. The Kier molecular flexibility index (Phi) is 3.71. The molecule has 1 fully saturated rings. The molecular weight excluding hydrogens is 300 g/mol. The Morgan fingerprint density at radius 1 is 0.875 bits per heavy atom. The van der Waals surface area contributed by atoms with E-state index in [9.17, 15) is 9.59 Å². The van der Waals surface area contributed by atoms with Crippen molar-refractivity contribution in [3.05, 3.63) is 71.3 Å². The standard InChI is InChI=1S/C20H22N2O2/c1-14-10-12-16(13-11-14)20(15-8-6-5-7-9-15)17(23)22(18(24)21-20)19(2,3)4/h5-13H,1-4H3,(H,21,24)/t20-/m1/s1. The zero-order valence-corrected chi connectivity index (χ0v) is 14.5. The number of aryl methyl sites for hydroxylation is 1. The monoisotopic (exact) mass is 322 g/mol. The molecule has 1 aliphatic heterocycles. The van der Waals surface area contributed by atoms with Crippen molar-refractivity contribution in [3.8, 4) is 0 Å². The predicted molar refractivity (Wildman–Crippen MR) is 93.5 cm³/mol. The van der Waals surface area contributed by atoms with Crippen LogP contribution in [0.5, 0.6) is 0 Å². The highest BCUT2D eigenvalue weighted by Gasteiger charge is 2.56. The van der Waals surface area contributed by atoms with Gasteiger partial charge in [-0.25, -0.2) is 4.79 Å².